The molecule has 0 saturated carbocycles. The van der Waals surface area contributed by atoms with Crippen LogP contribution in [-0.2, 0) is 12.7 Å². The maximum Gasteiger partial charge on any atom is 0.416 e. The second kappa shape index (κ2) is 5.89. The summed E-state index contributed by atoms with van der Waals surface area (Å²) in [6, 6.07) is 4.79. The van der Waals surface area contributed by atoms with Gasteiger partial charge in [-0.15, -0.1) is 0 Å². The van der Waals surface area contributed by atoms with Crippen LogP contribution in [0.3, 0.4) is 0 Å². The first-order valence-corrected chi connectivity index (χ1v) is 6.32. The number of aromatic nitrogens is 1. The highest BCUT2D eigenvalue weighted by molar-refractivity contribution is 6.33. The van der Waals surface area contributed by atoms with Crippen molar-refractivity contribution in [3.8, 4) is 0 Å². The number of pyridine rings is 1. The summed E-state index contributed by atoms with van der Waals surface area (Å²) in [6.07, 6.45) is -1.39. The van der Waals surface area contributed by atoms with Gasteiger partial charge in [0.25, 0.3) is 0 Å². The largest absolute Gasteiger partial charge is 0.416 e. The Labute approximate surface area is 123 Å². The lowest BCUT2D eigenvalue weighted by molar-refractivity contribution is -0.137. The highest BCUT2D eigenvalue weighted by Crippen LogP contribution is 2.34. The standard InChI is InChI=1S/C13H9Cl2F3N2/c14-10-2-1-9(13(16,17)18)5-12(10)20-6-8-3-4-19-7-11(8)15/h1-5,7,20H,6H2. The quantitative estimate of drug-likeness (QED) is 0.859. The van der Waals surface area contributed by atoms with Crippen molar-refractivity contribution < 1.29 is 13.2 Å². The van der Waals surface area contributed by atoms with E-state index in [9.17, 15) is 13.2 Å². The number of hydrogen-bond donors (Lipinski definition) is 1. The Balaban J connectivity index is 2.19. The van der Waals surface area contributed by atoms with Gasteiger partial charge in [0.15, 0.2) is 0 Å². The minimum atomic E-state index is -4.41. The molecule has 2 aromatic rings. The second-order valence-electron chi connectivity index (χ2n) is 4.01. The zero-order valence-corrected chi connectivity index (χ0v) is 11.5. The number of hydrogen-bond acceptors (Lipinski definition) is 2. The van der Waals surface area contributed by atoms with Crippen LogP contribution in [0.5, 0.6) is 0 Å². The van der Waals surface area contributed by atoms with Gasteiger partial charge in [0.1, 0.15) is 0 Å². The molecule has 0 aliphatic rings. The summed E-state index contributed by atoms with van der Waals surface area (Å²) < 4.78 is 37.9. The molecule has 0 saturated heterocycles. The fourth-order valence-electron chi connectivity index (χ4n) is 1.57. The highest BCUT2D eigenvalue weighted by Gasteiger charge is 2.30. The van der Waals surface area contributed by atoms with Crippen LogP contribution in [0.4, 0.5) is 18.9 Å². The van der Waals surface area contributed by atoms with Crippen molar-refractivity contribution in [1.29, 1.82) is 0 Å². The molecule has 0 radical (unpaired) electrons. The minimum absolute atomic E-state index is 0.203. The second-order valence-corrected chi connectivity index (χ2v) is 4.83. The van der Waals surface area contributed by atoms with Gasteiger partial charge >= 0.3 is 6.18 Å². The highest BCUT2D eigenvalue weighted by atomic mass is 35.5. The van der Waals surface area contributed by atoms with Crippen LogP contribution in [0.1, 0.15) is 11.1 Å². The topological polar surface area (TPSA) is 24.9 Å². The fraction of sp³-hybridized carbons (Fsp3) is 0.154. The van der Waals surface area contributed by atoms with Gasteiger partial charge in [-0.2, -0.15) is 13.2 Å². The molecule has 0 atom stereocenters. The summed E-state index contributed by atoms with van der Waals surface area (Å²) in [6.45, 7) is 0.252. The number of nitrogens with zero attached hydrogens (tertiary/aromatic N) is 1. The van der Waals surface area contributed by atoms with Crippen molar-refractivity contribution in [3.63, 3.8) is 0 Å². The monoisotopic (exact) mass is 320 g/mol. The summed E-state index contributed by atoms with van der Waals surface area (Å²) in [7, 11) is 0. The number of anilines is 1. The van der Waals surface area contributed by atoms with Gasteiger partial charge < -0.3 is 5.32 Å². The van der Waals surface area contributed by atoms with Gasteiger partial charge in [0.2, 0.25) is 0 Å². The fourth-order valence-corrected chi connectivity index (χ4v) is 1.95. The van der Waals surface area contributed by atoms with Gasteiger partial charge in [-0.3, -0.25) is 4.98 Å². The third kappa shape index (κ3) is 3.55. The van der Waals surface area contributed by atoms with E-state index in [0.29, 0.717) is 5.02 Å². The molecule has 106 valence electrons. The Morgan fingerprint density at radius 3 is 2.50 bits per heavy atom. The van der Waals surface area contributed by atoms with Crippen LogP contribution in [0.25, 0.3) is 0 Å². The maximum absolute atomic E-state index is 12.6. The first-order chi connectivity index (χ1) is 9.38. The molecule has 2 rings (SSSR count). The molecular weight excluding hydrogens is 312 g/mol. The molecule has 1 heterocycles. The van der Waals surface area contributed by atoms with Crippen LogP contribution in [0, 0.1) is 0 Å². The lowest BCUT2D eigenvalue weighted by atomic mass is 10.2. The molecule has 7 heteroatoms. The molecule has 0 bridgehead atoms. The van der Waals surface area contributed by atoms with Crippen molar-refractivity contribution in [2.45, 2.75) is 12.7 Å². The van der Waals surface area contributed by atoms with Crippen molar-refractivity contribution in [2.24, 2.45) is 0 Å². The molecular formula is C13H9Cl2F3N2. The average Bonchev–Trinajstić information content (AvgIpc) is 2.38. The van der Waals surface area contributed by atoms with E-state index < -0.39 is 11.7 Å². The summed E-state index contributed by atoms with van der Waals surface area (Å²) in [5.41, 5.74) is 0.162. The Kier molecular flexibility index (Phi) is 4.40. The molecule has 1 aromatic carbocycles. The Hall–Kier alpha value is -1.46. The number of rotatable bonds is 3. The maximum atomic E-state index is 12.6. The number of halogens is 5. The van der Waals surface area contributed by atoms with Crippen LogP contribution >= 0.6 is 23.2 Å². The SMILES string of the molecule is FC(F)(F)c1ccc(Cl)c(NCc2ccncc2Cl)c1. The summed E-state index contributed by atoms with van der Waals surface area (Å²) in [4.78, 5) is 3.83. The summed E-state index contributed by atoms with van der Waals surface area (Å²) >= 11 is 11.8. The van der Waals surface area contributed by atoms with E-state index in [-0.39, 0.29) is 17.3 Å². The van der Waals surface area contributed by atoms with Crippen LogP contribution in [0.15, 0.2) is 36.7 Å². The third-order valence-corrected chi connectivity index (χ3v) is 3.29. The Morgan fingerprint density at radius 1 is 1.10 bits per heavy atom. The van der Waals surface area contributed by atoms with Gasteiger partial charge in [-0.25, -0.2) is 0 Å². The van der Waals surface area contributed by atoms with Crippen LogP contribution in [0.2, 0.25) is 10.0 Å². The molecule has 0 unspecified atom stereocenters. The van der Waals surface area contributed by atoms with Gasteiger partial charge in [-0.05, 0) is 29.8 Å². The molecule has 0 amide bonds. The van der Waals surface area contributed by atoms with E-state index in [1.54, 1.807) is 12.3 Å². The molecule has 1 aromatic heterocycles. The van der Waals surface area contributed by atoms with Crippen molar-refractivity contribution in [2.75, 3.05) is 5.32 Å². The first-order valence-electron chi connectivity index (χ1n) is 5.57. The van der Waals surface area contributed by atoms with Crippen molar-refractivity contribution in [1.82, 2.24) is 4.98 Å². The van der Waals surface area contributed by atoms with E-state index in [4.69, 9.17) is 23.2 Å². The molecule has 1 N–H and O–H groups in total. The van der Waals surface area contributed by atoms with Crippen molar-refractivity contribution in [3.05, 3.63) is 57.8 Å². The smallest absolute Gasteiger partial charge is 0.380 e. The number of benzene rings is 1. The van der Waals surface area contributed by atoms with Crippen LogP contribution in [-0.4, -0.2) is 4.98 Å². The van der Waals surface area contributed by atoms with Gasteiger partial charge in [0.05, 0.1) is 21.3 Å². The lowest BCUT2D eigenvalue weighted by Gasteiger charge is -2.13. The predicted molar refractivity (Wildman–Crippen MR) is 73.0 cm³/mol. The minimum Gasteiger partial charge on any atom is -0.380 e. The molecule has 0 aliphatic heterocycles. The number of alkyl halides is 3. The Morgan fingerprint density at radius 2 is 1.85 bits per heavy atom. The van der Waals surface area contributed by atoms with Gasteiger partial charge in [0, 0.05) is 18.9 Å². The molecule has 0 aliphatic carbocycles. The first kappa shape index (κ1) is 14.9. The normalized spacial score (nSPS) is 11.4. The molecule has 0 fully saturated rings. The van der Waals surface area contributed by atoms with Crippen LogP contribution < -0.4 is 5.32 Å². The van der Waals surface area contributed by atoms with Gasteiger partial charge in [-0.1, -0.05) is 23.2 Å². The summed E-state index contributed by atoms with van der Waals surface area (Å²) in [5, 5.41) is 3.48. The summed E-state index contributed by atoms with van der Waals surface area (Å²) in [5.74, 6) is 0. The molecule has 0 spiro atoms. The molecule has 2 nitrogen and oxygen atoms in total. The molecule has 20 heavy (non-hydrogen) atoms. The van der Waals surface area contributed by atoms with E-state index in [0.717, 1.165) is 17.7 Å². The zero-order chi connectivity index (χ0) is 14.8. The Bertz CT molecular complexity index is 615. The van der Waals surface area contributed by atoms with E-state index >= 15 is 0 Å². The van der Waals surface area contributed by atoms with E-state index in [1.165, 1.54) is 12.3 Å². The predicted octanol–water partition coefficient (Wildman–Crippen LogP) is 5.02. The van der Waals surface area contributed by atoms with E-state index in [1.807, 2.05) is 0 Å². The van der Waals surface area contributed by atoms with E-state index in [2.05, 4.69) is 10.3 Å². The lowest BCUT2D eigenvalue weighted by Crippen LogP contribution is -2.07. The van der Waals surface area contributed by atoms with Crippen molar-refractivity contribution >= 4 is 28.9 Å². The average molecular weight is 321 g/mol. The third-order valence-electron chi connectivity index (χ3n) is 2.62. The zero-order valence-electron chi connectivity index (χ0n) is 10.0. The number of nitrogens with one attached hydrogen (secondary N) is 1.